The zero-order valence-electron chi connectivity index (χ0n) is 26.2. The third kappa shape index (κ3) is 8.70. The van der Waals surface area contributed by atoms with Crippen LogP contribution in [0.3, 0.4) is 0 Å². The summed E-state index contributed by atoms with van der Waals surface area (Å²) in [6, 6.07) is 43.5. The maximum atomic E-state index is 9.34. The lowest BCUT2D eigenvalue weighted by atomic mass is 9.74. The van der Waals surface area contributed by atoms with Gasteiger partial charge >= 0.3 is 0 Å². The number of aryl methyl sites for hydroxylation is 1. The van der Waals surface area contributed by atoms with Crippen molar-refractivity contribution in [2.24, 2.45) is 5.41 Å². The van der Waals surface area contributed by atoms with E-state index < -0.39 is 7.92 Å². The van der Waals surface area contributed by atoms with Crippen molar-refractivity contribution in [3.05, 3.63) is 149 Å². The summed E-state index contributed by atoms with van der Waals surface area (Å²) in [5.74, 6) is 0. The summed E-state index contributed by atoms with van der Waals surface area (Å²) < 4.78 is 0. The average molecular weight is 606 g/mol. The average Bonchev–Trinajstić information content (AvgIpc) is 3.06. The Balaban J connectivity index is 1.17. The molecule has 0 aromatic heterocycles. The molecule has 1 aliphatic carbocycles. The number of anilines is 1. The van der Waals surface area contributed by atoms with E-state index in [0.29, 0.717) is 0 Å². The van der Waals surface area contributed by atoms with Crippen molar-refractivity contribution in [2.45, 2.75) is 46.0 Å². The van der Waals surface area contributed by atoms with Crippen LogP contribution in [0.15, 0.2) is 138 Å². The van der Waals surface area contributed by atoms with Gasteiger partial charge in [0, 0.05) is 12.2 Å². The van der Waals surface area contributed by atoms with Gasteiger partial charge in [0.25, 0.3) is 0 Å². The Bertz CT molecular complexity index is 1700. The standard InChI is InChI=1S/C41H40N3P/c1-41(2)28-33(27-35(29-41)36(30-42)31-43)21-20-32-22-24-37(25-23-32)44-26-12-11-14-34-13-9-10-19-40(34)45(38-15-5-3-6-16-38)39-17-7-4-8-18-39/h3-10,13,15-25,27,44H,11-12,14,26,28-29H2,1-2H3. The molecular weight excluding hydrogens is 565 g/mol. The van der Waals surface area contributed by atoms with Gasteiger partial charge in [-0.05, 0) is 95.8 Å². The second kappa shape index (κ2) is 15.3. The first kappa shape index (κ1) is 31.7. The van der Waals surface area contributed by atoms with Crippen LogP contribution in [0.4, 0.5) is 5.69 Å². The van der Waals surface area contributed by atoms with Crippen LogP contribution >= 0.6 is 7.92 Å². The molecule has 4 aromatic rings. The highest BCUT2D eigenvalue weighted by Crippen LogP contribution is 2.39. The summed E-state index contributed by atoms with van der Waals surface area (Å²) in [5, 5.41) is 26.5. The van der Waals surface area contributed by atoms with E-state index in [9.17, 15) is 10.5 Å². The summed E-state index contributed by atoms with van der Waals surface area (Å²) in [6.45, 7) is 5.31. The summed E-state index contributed by atoms with van der Waals surface area (Å²) in [6.07, 6.45) is 11.2. The van der Waals surface area contributed by atoms with Gasteiger partial charge in [0.2, 0.25) is 0 Å². The minimum atomic E-state index is -0.603. The van der Waals surface area contributed by atoms with Crippen molar-refractivity contribution in [3.63, 3.8) is 0 Å². The Kier molecular flexibility index (Phi) is 10.8. The fourth-order valence-corrected chi connectivity index (χ4v) is 8.51. The number of hydrogen-bond donors (Lipinski definition) is 1. The predicted molar refractivity (Wildman–Crippen MR) is 191 cm³/mol. The molecule has 4 heteroatoms. The Morgan fingerprint density at radius 1 is 0.756 bits per heavy atom. The van der Waals surface area contributed by atoms with Gasteiger partial charge in [-0.25, -0.2) is 0 Å². The first-order chi connectivity index (χ1) is 22.0. The van der Waals surface area contributed by atoms with Crippen molar-refractivity contribution in [1.29, 1.82) is 10.5 Å². The maximum absolute atomic E-state index is 9.34. The molecule has 1 N–H and O–H groups in total. The van der Waals surface area contributed by atoms with Crippen LogP contribution in [-0.2, 0) is 6.42 Å². The van der Waals surface area contributed by atoms with Crippen molar-refractivity contribution in [2.75, 3.05) is 11.9 Å². The topological polar surface area (TPSA) is 59.6 Å². The minimum Gasteiger partial charge on any atom is -0.385 e. The fourth-order valence-electron chi connectivity index (χ4n) is 6.00. The number of unbranched alkanes of at least 4 members (excludes halogenated alkanes) is 1. The number of nitrogens with zero attached hydrogens (tertiary/aromatic N) is 2. The maximum Gasteiger partial charge on any atom is 0.132 e. The Hall–Kier alpha value is -4.69. The van der Waals surface area contributed by atoms with Crippen LogP contribution in [0.1, 0.15) is 50.7 Å². The Morgan fingerprint density at radius 3 is 2.02 bits per heavy atom. The summed E-state index contributed by atoms with van der Waals surface area (Å²) in [4.78, 5) is 0. The molecule has 3 nitrogen and oxygen atoms in total. The van der Waals surface area contributed by atoms with E-state index in [4.69, 9.17) is 0 Å². The zero-order valence-corrected chi connectivity index (χ0v) is 27.1. The lowest BCUT2D eigenvalue weighted by Gasteiger charge is -2.30. The molecule has 5 rings (SSSR count). The number of rotatable bonds is 11. The monoisotopic (exact) mass is 605 g/mol. The van der Waals surface area contributed by atoms with Crippen LogP contribution in [0.5, 0.6) is 0 Å². The highest BCUT2D eigenvalue weighted by Gasteiger charge is 2.26. The largest absolute Gasteiger partial charge is 0.385 e. The Morgan fingerprint density at radius 2 is 1.38 bits per heavy atom. The van der Waals surface area contributed by atoms with E-state index in [1.54, 1.807) is 0 Å². The van der Waals surface area contributed by atoms with E-state index in [2.05, 4.69) is 153 Å². The predicted octanol–water partition coefficient (Wildman–Crippen LogP) is 8.98. The third-order valence-electron chi connectivity index (χ3n) is 8.12. The van der Waals surface area contributed by atoms with Crippen LogP contribution in [0.2, 0.25) is 0 Å². The number of allylic oxidation sites excluding steroid dienone is 5. The molecule has 0 spiro atoms. The molecule has 0 saturated carbocycles. The summed E-state index contributed by atoms with van der Waals surface area (Å²) in [7, 11) is -0.603. The van der Waals surface area contributed by atoms with Crippen LogP contribution in [0.25, 0.3) is 6.08 Å². The number of benzene rings is 4. The molecular formula is C41H40N3P. The molecule has 224 valence electrons. The SMILES string of the molecule is CC1(C)CC(C=Cc2ccc(NCCCCc3ccccc3P(c3ccccc3)c3ccccc3)cc2)=CC(=C(C#N)C#N)C1. The first-order valence-electron chi connectivity index (χ1n) is 15.7. The molecule has 0 atom stereocenters. The molecule has 0 heterocycles. The molecule has 4 aromatic carbocycles. The molecule has 0 fully saturated rings. The van der Waals surface area contributed by atoms with Crippen LogP contribution in [0, 0.1) is 28.1 Å². The highest BCUT2D eigenvalue weighted by atomic mass is 31.1. The van der Waals surface area contributed by atoms with Crippen molar-refractivity contribution in [1.82, 2.24) is 0 Å². The summed E-state index contributed by atoms with van der Waals surface area (Å²) >= 11 is 0. The Labute approximate surface area is 270 Å². The van der Waals surface area contributed by atoms with Gasteiger partial charge in [0.05, 0.1) is 0 Å². The number of hydrogen-bond acceptors (Lipinski definition) is 3. The number of nitriles is 2. The van der Waals surface area contributed by atoms with E-state index in [1.807, 2.05) is 6.08 Å². The van der Waals surface area contributed by atoms with Crippen molar-refractivity contribution < 1.29 is 0 Å². The molecule has 1 aliphatic rings. The lowest BCUT2D eigenvalue weighted by molar-refractivity contribution is 0.354. The second-order valence-electron chi connectivity index (χ2n) is 12.3. The molecule has 0 unspecified atom stereocenters. The van der Waals surface area contributed by atoms with Gasteiger partial charge < -0.3 is 5.32 Å². The van der Waals surface area contributed by atoms with E-state index in [-0.39, 0.29) is 11.0 Å². The van der Waals surface area contributed by atoms with Crippen molar-refractivity contribution >= 4 is 35.6 Å². The summed E-state index contributed by atoms with van der Waals surface area (Å²) in [5.41, 5.74) is 5.92. The molecule has 0 aliphatic heterocycles. The van der Waals surface area contributed by atoms with Gasteiger partial charge in [0.15, 0.2) is 0 Å². The normalized spacial score (nSPS) is 14.1. The minimum absolute atomic E-state index is 0.0188. The van der Waals surface area contributed by atoms with Gasteiger partial charge in [-0.1, -0.05) is 129 Å². The second-order valence-corrected chi connectivity index (χ2v) is 14.5. The first-order valence-corrected chi connectivity index (χ1v) is 17.0. The smallest absolute Gasteiger partial charge is 0.132 e. The van der Waals surface area contributed by atoms with Crippen LogP contribution in [-0.4, -0.2) is 6.54 Å². The van der Waals surface area contributed by atoms with E-state index in [1.165, 1.54) is 21.5 Å². The lowest BCUT2D eigenvalue weighted by Crippen LogP contribution is -2.23. The van der Waals surface area contributed by atoms with Crippen LogP contribution < -0.4 is 21.2 Å². The molecule has 0 radical (unpaired) electrons. The van der Waals surface area contributed by atoms with Gasteiger partial charge in [-0.15, -0.1) is 0 Å². The molecule has 0 bridgehead atoms. The van der Waals surface area contributed by atoms with Gasteiger partial charge in [-0.2, -0.15) is 10.5 Å². The van der Waals surface area contributed by atoms with E-state index >= 15 is 0 Å². The van der Waals surface area contributed by atoms with Gasteiger partial charge in [0.1, 0.15) is 17.7 Å². The molecule has 0 amide bonds. The van der Waals surface area contributed by atoms with Gasteiger partial charge in [-0.3, -0.25) is 0 Å². The molecule has 45 heavy (non-hydrogen) atoms. The molecule has 0 saturated heterocycles. The highest BCUT2D eigenvalue weighted by molar-refractivity contribution is 7.79. The zero-order chi connectivity index (χ0) is 31.5. The quantitative estimate of drug-likeness (QED) is 0.105. The van der Waals surface area contributed by atoms with E-state index in [0.717, 1.165) is 61.0 Å². The number of nitrogens with one attached hydrogen (secondary N) is 1. The third-order valence-corrected chi connectivity index (χ3v) is 10.7. The fraction of sp³-hybridized carbons (Fsp3) is 0.220. The van der Waals surface area contributed by atoms with Crippen molar-refractivity contribution in [3.8, 4) is 12.1 Å².